The van der Waals surface area contributed by atoms with Gasteiger partial charge in [-0.25, -0.2) is 0 Å². The van der Waals surface area contributed by atoms with Gasteiger partial charge in [-0.1, -0.05) is 60.2 Å². The molecule has 0 radical (unpaired) electrons. The predicted octanol–water partition coefficient (Wildman–Crippen LogP) is 5.69. The highest BCUT2D eigenvalue weighted by molar-refractivity contribution is 8.18. The van der Waals surface area contributed by atoms with Crippen molar-refractivity contribution in [3.05, 3.63) is 100 Å². The van der Waals surface area contributed by atoms with E-state index in [0.717, 1.165) is 34.2 Å². The van der Waals surface area contributed by atoms with Crippen molar-refractivity contribution in [3.8, 4) is 11.5 Å². The number of carbonyl (C=O) groups excluding carboxylic acids is 2. The van der Waals surface area contributed by atoms with Gasteiger partial charge in [-0.3, -0.25) is 14.5 Å². The number of nitrogens with zero attached hydrogens (tertiary/aromatic N) is 1. The molecule has 0 bridgehead atoms. The van der Waals surface area contributed by atoms with Gasteiger partial charge in [0.2, 0.25) is 0 Å². The van der Waals surface area contributed by atoms with Crippen molar-refractivity contribution in [2.75, 3.05) is 13.2 Å². The Bertz CT molecular complexity index is 1140. The zero-order chi connectivity index (χ0) is 22.3. The molecule has 6 heteroatoms. The van der Waals surface area contributed by atoms with Crippen molar-refractivity contribution >= 4 is 29.0 Å². The Kier molecular flexibility index (Phi) is 6.92. The van der Waals surface area contributed by atoms with Gasteiger partial charge >= 0.3 is 0 Å². The SMILES string of the molecule is Cc1cccc(CN2C(=O)S/C(=C\c3cccc(OCCOc4ccccc4)c3)C2=O)c1. The van der Waals surface area contributed by atoms with Crippen molar-refractivity contribution in [1.82, 2.24) is 4.90 Å². The lowest BCUT2D eigenvalue weighted by molar-refractivity contribution is -0.123. The van der Waals surface area contributed by atoms with E-state index in [2.05, 4.69) is 0 Å². The molecule has 5 nitrogen and oxygen atoms in total. The minimum Gasteiger partial charge on any atom is -0.490 e. The van der Waals surface area contributed by atoms with E-state index in [9.17, 15) is 9.59 Å². The van der Waals surface area contributed by atoms with Crippen LogP contribution >= 0.6 is 11.8 Å². The molecule has 1 aliphatic rings. The third-order valence-corrected chi connectivity index (χ3v) is 5.72. The van der Waals surface area contributed by atoms with E-state index >= 15 is 0 Å². The highest BCUT2D eigenvalue weighted by Crippen LogP contribution is 2.33. The summed E-state index contributed by atoms with van der Waals surface area (Å²) in [5.74, 6) is 1.20. The molecule has 0 unspecified atom stereocenters. The molecule has 1 fully saturated rings. The van der Waals surface area contributed by atoms with Crippen molar-refractivity contribution in [2.24, 2.45) is 0 Å². The van der Waals surface area contributed by atoms with Crippen LogP contribution in [0.3, 0.4) is 0 Å². The molecule has 3 aromatic rings. The summed E-state index contributed by atoms with van der Waals surface area (Å²) in [4.78, 5) is 26.9. The van der Waals surface area contributed by atoms with Gasteiger partial charge in [-0.2, -0.15) is 0 Å². The minimum absolute atomic E-state index is 0.256. The van der Waals surface area contributed by atoms with Crippen LogP contribution in [0.15, 0.2) is 83.8 Å². The number of imide groups is 1. The Morgan fingerprint density at radius 1 is 0.844 bits per heavy atom. The number of carbonyl (C=O) groups is 2. The molecule has 32 heavy (non-hydrogen) atoms. The van der Waals surface area contributed by atoms with E-state index in [0.29, 0.717) is 23.9 Å². The van der Waals surface area contributed by atoms with Crippen LogP contribution in [0.1, 0.15) is 16.7 Å². The first kappa shape index (κ1) is 21.7. The quantitative estimate of drug-likeness (QED) is 0.329. The Labute approximate surface area is 191 Å². The van der Waals surface area contributed by atoms with Crippen LogP contribution in [0.4, 0.5) is 4.79 Å². The lowest BCUT2D eigenvalue weighted by Gasteiger charge is -2.12. The van der Waals surface area contributed by atoms with E-state index in [-0.39, 0.29) is 17.7 Å². The highest BCUT2D eigenvalue weighted by atomic mass is 32.2. The number of ether oxygens (including phenoxy) is 2. The van der Waals surface area contributed by atoms with Crippen LogP contribution in [0, 0.1) is 6.92 Å². The zero-order valence-electron chi connectivity index (χ0n) is 17.7. The lowest BCUT2D eigenvalue weighted by Crippen LogP contribution is -2.27. The van der Waals surface area contributed by atoms with Crippen molar-refractivity contribution < 1.29 is 19.1 Å². The molecular weight excluding hydrogens is 422 g/mol. The van der Waals surface area contributed by atoms with Gasteiger partial charge in [-0.05, 0) is 60.2 Å². The van der Waals surface area contributed by atoms with Gasteiger partial charge in [0.1, 0.15) is 24.7 Å². The largest absolute Gasteiger partial charge is 0.490 e. The molecule has 2 amide bonds. The molecule has 1 saturated heterocycles. The van der Waals surface area contributed by atoms with Crippen LogP contribution in [-0.2, 0) is 11.3 Å². The molecule has 1 heterocycles. The van der Waals surface area contributed by atoms with Crippen molar-refractivity contribution in [2.45, 2.75) is 13.5 Å². The summed E-state index contributed by atoms with van der Waals surface area (Å²) in [5, 5.41) is -0.256. The maximum absolute atomic E-state index is 12.8. The smallest absolute Gasteiger partial charge is 0.293 e. The summed E-state index contributed by atoms with van der Waals surface area (Å²) in [6.45, 7) is 3.08. The molecular formula is C26H23NO4S. The second-order valence-electron chi connectivity index (χ2n) is 7.34. The number of benzene rings is 3. The van der Waals surface area contributed by atoms with Gasteiger partial charge < -0.3 is 9.47 Å². The summed E-state index contributed by atoms with van der Waals surface area (Å²) >= 11 is 0.963. The molecule has 3 aromatic carbocycles. The Hall–Kier alpha value is -3.51. The lowest BCUT2D eigenvalue weighted by atomic mass is 10.1. The van der Waals surface area contributed by atoms with E-state index in [1.807, 2.05) is 85.8 Å². The van der Waals surface area contributed by atoms with Crippen molar-refractivity contribution in [3.63, 3.8) is 0 Å². The first-order valence-electron chi connectivity index (χ1n) is 10.3. The Balaban J connectivity index is 1.37. The first-order chi connectivity index (χ1) is 15.6. The fraction of sp³-hybridized carbons (Fsp3) is 0.154. The van der Waals surface area contributed by atoms with Crippen LogP contribution in [-0.4, -0.2) is 29.3 Å². The van der Waals surface area contributed by atoms with Gasteiger partial charge in [0.15, 0.2) is 0 Å². The summed E-state index contributed by atoms with van der Waals surface area (Å²) in [5.41, 5.74) is 2.82. The second-order valence-corrected chi connectivity index (χ2v) is 8.33. The maximum atomic E-state index is 12.8. The number of aryl methyl sites for hydroxylation is 1. The van der Waals surface area contributed by atoms with Crippen LogP contribution in [0.25, 0.3) is 6.08 Å². The third kappa shape index (κ3) is 5.59. The molecule has 0 N–H and O–H groups in total. The molecule has 4 rings (SSSR count). The number of thioether (sulfide) groups is 1. The highest BCUT2D eigenvalue weighted by Gasteiger charge is 2.34. The minimum atomic E-state index is -0.274. The zero-order valence-corrected chi connectivity index (χ0v) is 18.5. The molecule has 1 aliphatic heterocycles. The van der Waals surface area contributed by atoms with Crippen molar-refractivity contribution in [1.29, 1.82) is 0 Å². The molecule has 0 aliphatic carbocycles. The molecule has 0 saturated carbocycles. The Morgan fingerprint density at radius 3 is 2.34 bits per heavy atom. The summed E-state index contributed by atoms with van der Waals surface area (Å²) in [7, 11) is 0. The average molecular weight is 446 g/mol. The van der Waals surface area contributed by atoms with E-state index in [4.69, 9.17) is 9.47 Å². The number of hydrogen-bond donors (Lipinski definition) is 0. The maximum Gasteiger partial charge on any atom is 0.293 e. The Morgan fingerprint density at radius 2 is 1.56 bits per heavy atom. The van der Waals surface area contributed by atoms with E-state index in [1.165, 1.54) is 4.90 Å². The topological polar surface area (TPSA) is 55.8 Å². The van der Waals surface area contributed by atoms with Crippen LogP contribution < -0.4 is 9.47 Å². The van der Waals surface area contributed by atoms with E-state index < -0.39 is 0 Å². The fourth-order valence-corrected chi connectivity index (χ4v) is 4.15. The first-order valence-corrected chi connectivity index (χ1v) is 11.1. The molecule has 0 atom stereocenters. The van der Waals surface area contributed by atoms with Crippen LogP contribution in [0.2, 0.25) is 0 Å². The molecule has 162 valence electrons. The van der Waals surface area contributed by atoms with Crippen LogP contribution in [0.5, 0.6) is 11.5 Å². The normalized spacial score (nSPS) is 14.8. The standard InChI is InChI=1S/C26H23NO4S/c1-19-7-5-9-21(15-19)18-27-25(28)24(32-26(27)29)17-20-8-6-12-23(16-20)31-14-13-30-22-10-3-2-4-11-22/h2-12,15-17H,13-14,18H2,1H3/b24-17-. The van der Waals surface area contributed by atoms with Gasteiger partial charge in [0.25, 0.3) is 11.1 Å². The number of para-hydroxylation sites is 1. The average Bonchev–Trinajstić information content (AvgIpc) is 3.05. The summed E-state index contributed by atoms with van der Waals surface area (Å²) < 4.78 is 11.4. The van der Waals surface area contributed by atoms with Gasteiger partial charge in [0, 0.05) is 0 Å². The monoisotopic (exact) mass is 445 g/mol. The second kappa shape index (κ2) is 10.2. The van der Waals surface area contributed by atoms with Gasteiger partial charge in [-0.15, -0.1) is 0 Å². The fourth-order valence-electron chi connectivity index (χ4n) is 3.31. The molecule has 0 spiro atoms. The molecule has 0 aromatic heterocycles. The summed E-state index contributed by atoms with van der Waals surface area (Å²) in [6.07, 6.45) is 1.73. The number of hydrogen-bond acceptors (Lipinski definition) is 5. The predicted molar refractivity (Wildman–Crippen MR) is 127 cm³/mol. The summed E-state index contributed by atoms with van der Waals surface area (Å²) in [6, 6.07) is 24.8. The number of amides is 2. The van der Waals surface area contributed by atoms with Gasteiger partial charge in [0.05, 0.1) is 11.4 Å². The number of rotatable bonds is 8. The third-order valence-electron chi connectivity index (χ3n) is 4.82. The van der Waals surface area contributed by atoms with E-state index in [1.54, 1.807) is 6.08 Å².